The van der Waals surface area contributed by atoms with Crippen molar-refractivity contribution < 1.29 is 14.0 Å². The lowest BCUT2D eigenvalue weighted by atomic mass is 10.0. The van der Waals surface area contributed by atoms with E-state index < -0.39 is 11.9 Å². The molecule has 4 nitrogen and oxygen atoms in total. The number of hydrogen-bond donors (Lipinski definition) is 1. The van der Waals surface area contributed by atoms with E-state index in [1.54, 1.807) is 24.3 Å². The van der Waals surface area contributed by atoms with E-state index in [0.29, 0.717) is 29.3 Å². The van der Waals surface area contributed by atoms with Crippen LogP contribution in [0, 0.1) is 5.82 Å². The van der Waals surface area contributed by atoms with Crippen LogP contribution < -0.4 is 5.32 Å². The summed E-state index contributed by atoms with van der Waals surface area (Å²) in [6.07, 6.45) is 0.339. The summed E-state index contributed by atoms with van der Waals surface area (Å²) in [4.78, 5) is 28.0. The molecule has 0 unspecified atom stereocenters. The molecular weight excluding hydrogens is 471 g/mol. The first-order chi connectivity index (χ1) is 16.5. The van der Waals surface area contributed by atoms with Gasteiger partial charge >= 0.3 is 0 Å². The van der Waals surface area contributed by atoms with Crippen molar-refractivity contribution in [3.05, 3.63) is 106 Å². The quantitative estimate of drug-likeness (QED) is 0.380. The number of hydrogen-bond acceptors (Lipinski definition) is 3. The Morgan fingerprint density at radius 1 is 1.00 bits per heavy atom. The Morgan fingerprint density at radius 2 is 1.71 bits per heavy atom. The Bertz CT molecular complexity index is 1100. The molecule has 3 aromatic carbocycles. The lowest BCUT2D eigenvalue weighted by Gasteiger charge is -2.31. The van der Waals surface area contributed by atoms with Crippen molar-refractivity contribution in [3.63, 3.8) is 0 Å². The predicted octanol–water partition coefficient (Wildman–Crippen LogP) is 5.49. The second-order valence-corrected chi connectivity index (χ2v) is 9.26. The van der Waals surface area contributed by atoms with Gasteiger partial charge in [0, 0.05) is 35.8 Å². The van der Waals surface area contributed by atoms with Crippen LogP contribution in [0.5, 0.6) is 0 Å². The van der Waals surface area contributed by atoms with Gasteiger partial charge in [-0.1, -0.05) is 72.3 Å². The van der Waals surface area contributed by atoms with Crippen LogP contribution in [0.2, 0.25) is 5.02 Å². The van der Waals surface area contributed by atoms with Crippen LogP contribution in [-0.2, 0) is 28.3 Å². The van der Waals surface area contributed by atoms with Crippen molar-refractivity contribution in [1.29, 1.82) is 0 Å². The van der Waals surface area contributed by atoms with E-state index in [4.69, 9.17) is 11.6 Å². The molecule has 0 aliphatic heterocycles. The number of amides is 2. The zero-order valence-electron chi connectivity index (χ0n) is 19.0. The second kappa shape index (κ2) is 13.2. The molecule has 0 saturated heterocycles. The van der Waals surface area contributed by atoms with E-state index in [2.05, 4.69) is 5.32 Å². The molecule has 0 bridgehead atoms. The molecule has 7 heteroatoms. The van der Waals surface area contributed by atoms with Crippen molar-refractivity contribution in [3.8, 4) is 0 Å². The molecule has 0 aliphatic rings. The molecule has 0 saturated carbocycles. The number of halogens is 2. The minimum atomic E-state index is -0.763. The van der Waals surface area contributed by atoms with Crippen molar-refractivity contribution in [2.75, 3.05) is 12.3 Å². The third-order valence-corrected chi connectivity index (χ3v) is 6.53. The molecule has 1 atom stereocenters. The maximum absolute atomic E-state index is 14.5. The number of carbonyl (C=O) groups is 2. The number of nitrogens with one attached hydrogen (secondary N) is 1. The summed E-state index contributed by atoms with van der Waals surface area (Å²) in [7, 11) is 0. The molecule has 3 aromatic rings. The minimum absolute atomic E-state index is 0.0118. The lowest BCUT2D eigenvalue weighted by Crippen LogP contribution is -2.51. The average Bonchev–Trinajstić information content (AvgIpc) is 2.83. The number of likely N-dealkylation sites (N-methyl/N-ethyl adjacent to an activating group) is 1. The Hall–Kier alpha value is -2.83. The molecule has 1 N–H and O–H groups in total. The SMILES string of the molecule is CCNC(=O)[C@@H](Cc1ccccc1)N(Cc1ccccc1F)C(=O)CSCc1cccc(Cl)c1. The first-order valence-corrected chi connectivity index (χ1v) is 12.7. The zero-order valence-corrected chi connectivity index (χ0v) is 20.6. The summed E-state index contributed by atoms with van der Waals surface area (Å²) in [6.45, 7) is 2.29. The van der Waals surface area contributed by atoms with Crippen molar-refractivity contribution in [2.45, 2.75) is 31.7 Å². The number of thioether (sulfide) groups is 1. The molecule has 0 radical (unpaired) electrons. The van der Waals surface area contributed by atoms with E-state index in [-0.39, 0.29) is 24.1 Å². The fraction of sp³-hybridized carbons (Fsp3) is 0.259. The minimum Gasteiger partial charge on any atom is -0.355 e. The molecular formula is C27H28ClFN2O2S. The molecule has 178 valence electrons. The summed E-state index contributed by atoms with van der Waals surface area (Å²) in [5, 5.41) is 3.49. The number of carbonyl (C=O) groups excluding carboxylic acids is 2. The van der Waals surface area contributed by atoms with Gasteiger partial charge in [-0.25, -0.2) is 4.39 Å². The summed E-state index contributed by atoms with van der Waals surface area (Å²) in [5.74, 6) is -0.115. The largest absolute Gasteiger partial charge is 0.355 e. The van der Waals surface area contributed by atoms with E-state index >= 15 is 0 Å². The van der Waals surface area contributed by atoms with E-state index in [0.717, 1.165) is 11.1 Å². The first-order valence-electron chi connectivity index (χ1n) is 11.1. The van der Waals surface area contributed by atoms with Crippen molar-refractivity contribution >= 4 is 35.2 Å². The maximum atomic E-state index is 14.5. The molecule has 0 fully saturated rings. The molecule has 2 amide bonds. The van der Waals surface area contributed by atoms with Gasteiger partial charge in [-0.15, -0.1) is 11.8 Å². The highest BCUT2D eigenvalue weighted by molar-refractivity contribution is 7.99. The summed E-state index contributed by atoms with van der Waals surface area (Å²) in [6, 6.07) is 22.6. The van der Waals surface area contributed by atoms with Gasteiger partial charge in [-0.2, -0.15) is 0 Å². The lowest BCUT2D eigenvalue weighted by molar-refractivity contribution is -0.139. The summed E-state index contributed by atoms with van der Waals surface area (Å²) < 4.78 is 14.5. The Labute approximate surface area is 209 Å². The highest BCUT2D eigenvalue weighted by Crippen LogP contribution is 2.20. The van der Waals surface area contributed by atoms with Gasteiger partial charge in [-0.05, 0) is 36.2 Å². The van der Waals surface area contributed by atoms with Crippen LogP contribution in [0.3, 0.4) is 0 Å². The number of benzene rings is 3. The van der Waals surface area contributed by atoms with Gasteiger partial charge in [0.05, 0.1) is 5.75 Å². The molecule has 0 heterocycles. The third-order valence-electron chi connectivity index (χ3n) is 5.30. The van der Waals surface area contributed by atoms with Crippen LogP contribution in [0.1, 0.15) is 23.6 Å². The maximum Gasteiger partial charge on any atom is 0.243 e. The Morgan fingerprint density at radius 3 is 2.41 bits per heavy atom. The zero-order chi connectivity index (χ0) is 24.3. The highest BCUT2D eigenvalue weighted by atomic mass is 35.5. The van der Waals surface area contributed by atoms with Crippen LogP contribution >= 0.6 is 23.4 Å². The fourth-order valence-corrected chi connectivity index (χ4v) is 4.69. The molecule has 0 spiro atoms. The average molecular weight is 499 g/mol. The molecule has 0 aromatic heterocycles. The Kier molecular flexibility index (Phi) is 9.98. The van der Waals surface area contributed by atoms with Crippen molar-refractivity contribution in [1.82, 2.24) is 10.2 Å². The monoisotopic (exact) mass is 498 g/mol. The van der Waals surface area contributed by atoms with Gasteiger partial charge in [0.1, 0.15) is 11.9 Å². The molecule has 0 aliphatic carbocycles. The Balaban J connectivity index is 1.83. The topological polar surface area (TPSA) is 49.4 Å². The molecule has 3 rings (SSSR count). The van der Waals surface area contributed by atoms with Crippen LogP contribution in [0.15, 0.2) is 78.9 Å². The number of nitrogens with zero attached hydrogens (tertiary/aromatic N) is 1. The summed E-state index contributed by atoms with van der Waals surface area (Å²) >= 11 is 7.50. The predicted molar refractivity (Wildman–Crippen MR) is 137 cm³/mol. The second-order valence-electron chi connectivity index (χ2n) is 7.84. The van der Waals surface area contributed by atoms with Gasteiger partial charge in [0.25, 0.3) is 0 Å². The van der Waals surface area contributed by atoms with Gasteiger partial charge in [0.2, 0.25) is 11.8 Å². The smallest absolute Gasteiger partial charge is 0.243 e. The fourth-order valence-electron chi connectivity index (χ4n) is 3.62. The first kappa shape index (κ1) is 25.8. The van der Waals surface area contributed by atoms with Gasteiger partial charge in [-0.3, -0.25) is 9.59 Å². The van der Waals surface area contributed by atoms with Crippen LogP contribution in [0.25, 0.3) is 0 Å². The van der Waals surface area contributed by atoms with Crippen LogP contribution in [0.4, 0.5) is 4.39 Å². The van der Waals surface area contributed by atoms with E-state index in [9.17, 15) is 14.0 Å². The van der Waals surface area contributed by atoms with E-state index in [1.807, 2.05) is 55.5 Å². The number of rotatable bonds is 11. The third kappa shape index (κ3) is 7.61. The van der Waals surface area contributed by atoms with Crippen LogP contribution in [-0.4, -0.2) is 35.1 Å². The van der Waals surface area contributed by atoms with E-state index in [1.165, 1.54) is 22.7 Å². The highest BCUT2D eigenvalue weighted by Gasteiger charge is 2.30. The normalized spacial score (nSPS) is 11.6. The standard InChI is InChI=1S/C27H28ClFN2O2S/c1-2-30-27(33)25(16-20-9-4-3-5-10-20)31(17-22-12-6-7-14-24(22)29)26(32)19-34-18-21-11-8-13-23(28)15-21/h3-15,25H,2,16-19H2,1H3,(H,30,33)/t25-/m1/s1. The summed E-state index contributed by atoms with van der Waals surface area (Å²) in [5.41, 5.74) is 2.31. The molecule has 34 heavy (non-hydrogen) atoms. The van der Waals surface area contributed by atoms with Gasteiger partial charge in [0.15, 0.2) is 0 Å². The van der Waals surface area contributed by atoms with Gasteiger partial charge < -0.3 is 10.2 Å². The van der Waals surface area contributed by atoms with Crippen molar-refractivity contribution in [2.24, 2.45) is 0 Å².